The van der Waals surface area contributed by atoms with Crippen LogP contribution in [0.2, 0.25) is 0 Å². The summed E-state index contributed by atoms with van der Waals surface area (Å²) in [6.45, 7) is 5.65. The molecule has 0 saturated heterocycles. The molecule has 1 atom stereocenters. The van der Waals surface area contributed by atoms with Crippen molar-refractivity contribution < 1.29 is 9.53 Å². The molecule has 1 rings (SSSR count). The van der Waals surface area contributed by atoms with E-state index in [1.807, 2.05) is 32.9 Å². The molecular formula is C9H14O2. The van der Waals surface area contributed by atoms with E-state index in [0.29, 0.717) is 0 Å². The van der Waals surface area contributed by atoms with Gasteiger partial charge in [-0.3, -0.25) is 4.79 Å². The van der Waals surface area contributed by atoms with E-state index >= 15 is 0 Å². The number of ether oxygens (including phenoxy) is 1. The molecule has 0 bridgehead atoms. The number of carbonyl (C=O) groups is 1. The summed E-state index contributed by atoms with van der Waals surface area (Å²) < 4.78 is 5.15. The summed E-state index contributed by atoms with van der Waals surface area (Å²) in [6, 6.07) is 0. The van der Waals surface area contributed by atoms with Gasteiger partial charge in [0.15, 0.2) is 0 Å². The maximum atomic E-state index is 11.2. The van der Waals surface area contributed by atoms with Crippen LogP contribution < -0.4 is 0 Å². The third-order valence-corrected chi connectivity index (χ3v) is 1.47. The predicted molar refractivity (Wildman–Crippen MR) is 43.1 cm³/mol. The van der Waals surface area contributed by atoms with Gasteiger partial charge in [-0.25, -0.2) is 0 Å². The molecule has 0 fully saturated rings. The minimum atomic E-state index is -0.347. The second-order valence-electron chi connectivity index (χ2n) is 3.80. The SMILES string of the molecule is CC(C)(C)OC(=O)C1C=CC1. The Balaban J connectivity index is 2.38. The van der Waals surface area contributed by atoms with Crippen LogP contribution in [0.15, 0.2) is 12.2 Å². The fourth-order valence-corrected chi connectivity index (χ4v) is 0.824. The summed E-state index contributed by atoms with van der Waals surface area (Å²) in [7, 11) is 0. The first-order valence-corrected chi connectivity index (χ1v) is 3.88. The molecule has 0 heterocycles. The molecule has 2 heteroatoms. The quantitative estimate of drug-likeness (QED) is 0.426. The van der Waals surface area contributed by atoms with Crippen LogP contribution in [0.4, 0.5) is 0 Å². The van der Waals surface area contributed by atoms with Crippen LogP contribution in [0.3, 0.4) is 0 Å². The summed E-state index contributed by atoms with van der Waals surface area (Å²) in [5, 5.41) is 0. The lowest BCUT2D eigenvalue weighted by Gasteiger charge is -2.24. The van der Waals surface area contributed by atoms with Crippen LogP contribution in [0.1, 0.15) is 27.2 Å². The highest BCUT2D eigenvalue weighted by atomic mass is 16.6. The van der Waals surface area contributed by atoms with Crippen LogP contribution in [0.25, 0.3) is 0 Å². The van der Waals surface area contributed by atoms with E-state index in [-0.39, 0.29) is 17.5 Å². The van der Waals surface area contributed by atoms with Crippen molar-refractivity contribution in [3.63, 3.8) is 0 Å². The van der Waals surface area contributed by atoms with E-state index in [0.717, 1.165) is 6.42 Å². The third kappa shape index (κ3) is 2.37. The fourth-order valence-electron chi connectivity index (χ4n) is 0.824. The summed E-state index contributed by atoms with van der Waals surface area (Å²) in [6.07, 6.45) is 4.71. The zero-order valence-electron chi connectivity index (χ0n) is 7.26. The van der Waals surface area contributed by atoms with Crippen LogP contribution >= 0.6 is 0 Å². The van der Waals surface area contributed by atoms with E-state index in [1.165, 1.54) is 0 Å². The van der Waals surface area contributed by atoms with Crippen molar-refractivity contribution in [1.29, 1.82) is 0 Å². The summed E-state index contributed by atoms with van der Waals surface area (Å²) in [4.78, 5) is 11.2. The monoisotopic (exact) mass is 154 g/mol. The summed E-state index contributed by atoms with van der Waals surface area (Å²) in [5.41, 5.74) is -0.347. The molecule has 0 N–H and O–H groups in total. The standard InChI is InChI=1S/C9H14O2/c1-9(2,3)11-8(10)7-5-4-6-7/h4-5,7H,6H2,1-3H3. The number of rotatable bonds is 1. The van der Waals surface area contributed by atoms with E-state index in [9.17, 15) is 4.79 Å². The first-order chi connectivity index (χ1) is 4.99. The Labute approximate surface area is 67.2 Å². The predicted octanol–water partition coefficient (Wildman–Crippen LogP) is 1.90. The molecule has 0 saturated carbocycles. The van der Waals surface area contributed by atoms with Gasteiger partial charge in [-0.15, -0.1) is 0 Å². The van der Waals surface area contributed by atoms with Gasteiger partial charge < -0.3 is 4.74 Å². The minimum absolute atomic E-state index is 0.0224. The minimum Gasteiger partial charge on any atom is -0.460 e. The van der Waals surface area contributed by atoms with Gasteiger partial charge in [-0.1, -0.05) is 12.2 Å². The van der Waals surface area contributed by atoms with Crippen LogP contribution in [0, 0.1) is 5.92 Å². The molecule has 0 aliphatic heterocycles. The van der Waals surface area contributed by atoms with Crippen molar-refractivity contribution in [3.8, 4) is 0 Å². The van der Waals surface area contributed by atoms with Gasteiger partial charge in [0, 0.05) is 0 Å². The van der Waals surface area contributed by atoms with Crippen molar-refractivity contribution in [3.05, 3.63) is 12.2 Å². The van der Waals surface area contributed by atoms with Crippen molar-refractivity contribution >= 4 is 5.97 Å². The first-order valence-electron chi connectivity index (χ1n) is 3.88. The van der Waals surface area contributed by atoms with Crippen molar-refractivity contribution in [2.75, 3.05) is 0 Å². The Morgan fingerprint density at radius 1 is 1.55 bits per heavy atom. The molecule has 1 aliphatic carbocycles. The Kier molecular flexibility index (Phi) is 2.03. The average Bonchev–Trinajstić information content (AvgIpc) is 1.50. The lowest BCUT2D eigenvalue weighted by molar-refractivity contribution is -0.158. The molecule has 0 spiro atoms. The second-order valence-corrected chi connectivity index (χ2v) is 3.80. The zero-order chi connectivity index (χ0) is 8.48. The van der Waals surface area contributed by atoms with Crippen molar-refractivity contribution in [1.82, 2.24) is 0 Å². The number of esters is 1. The van der Waals surface area contributed by atoms with Crippen LogP contribution in [0.5, 0.6) is 0 Å². The highest BCUT2D eigenvalue weighted by molar-refractivity contribution is 5.76. The molecule has 0 amide bonds. The normalized spacial score (nSPS) is 22.6. The van der Waals surface area contributed by atoms with Crippen LogP contribution in [-0.4, -0.2) is 11.6 Å². The van der Waals surface area contributed by atoms with Gasteiger partial charge in [0.2, 0.25) is 0 Å². The topological polar surface area (TPSA) is 26.3 Å². The zero-order valence-corrected chi connectivity index (χ0v) is 7.26. The maximum absolute atomic E-state index is 11.2. The molecular weight excluding hydrogens is 140 g/mol. The van der Waals surface area contributed by atoms with Gasteiger partial charge >= 0.3 is 5.97 Å². The van der Waals surface area contributed by atoms with E-state index in [4.69, 9.17) is 4.74 Å². The smallest absolute Gasteiger partial charge is 0.313 e. The summed E-state index contributed by atoms with van der Waals surface area (Å²) >= 11 is 0. The Morgan fingerprint density at radius 3 is 2.36 bits per heavy atom. The highest BCUT2D eigenvalue weighted by Gasteiger charge is 2.25. The summed E-state index contributed by atoms with van der Waals surface area (Å²) in [5.74, 6) is -0.0748. The lowest BCUT2D eigenvalue weighted by Crippen LogP contribution is -2.29. The first kappa shape index (κ1) is 8.31. The van der Waals surface area contributed by atoms with Gasteiger partial charge in [0.25, 0.3) is 0 Å². The largest absolute Gasteiger partial charge is 0.460 e. The molecule has 0 aromatic heterocycles. The highest BCUT2D eigenvalue weighted by Crippen LogP contribution is 2.21. The van der Waals surface area contributed by atoms with E-state index in [1.54, 1.807) is 0 Å². The van der Waals surface area contributed by atoms with E-state index in [2.05, 4.69) is 0 Å². The van der Waals surface area contributed by atoms with E-state index < -0.39 is 0 Å². The number of allylic oxidation sites excluding steroid dienone is 1. The van der Waals surface area contributed by atoms with Crippen molar-refractivity contribution in [2.24, 2.45) is 5.92 Å². The molecule has 0 radical (unpaired) electrons. The third-order valence-electron chi connectivity index (χ3n) is 1.47. The molecule has 11 heavy (non-hydrogen) atoms. The Morgan fingerprint density at radius 2 is 2.09 bits per heavy atom. The van der Waals surface area contributed by atoms with Crippen molar-refractivity contribution in [2.45, 2.75) is 32.8 Å². The number of hydrogen-bond acceptors (Lipinski definition) is 2. The van der Waals surface area contributed by atoms with Gasteiger partial charge in [0.05, 0.1) is 5.92 Å². The van der Waals surface area contributed by atoms with Crippen LogP contribution in [-0.2, 0) is 9.53 Å². The molecule has 1 aliphatic rings. The number of carbonyl (C=O) groups excluding carboxylic acids is 1. The average molecular weight is 154 g/mol. The molecule has 62 valence electrons. The lowest BCUT2D eigenvalue weighted by atomic mass is 9.95. The molecule has 2 nitrogen and oxygen atoms in total. The van der Waals surface area contributed by atoms with Gasteiger partial charge in [-0.2, -0.15) is 0 Å². The number of hydrogen-bond donors (Lipinski definition) is 0. The molecule has 0 aromatic rings. The van der Waals surface area contributed by atoms with Gasteiger partial charge in [0.1, 0.15) is 5.60 Å². The Bertz CT molecular complexity index is 186. The maximum Gasteiger partial charge on any atom is 0.313 e. The van der Waals surface area contributed by atoms with Gasteiger partial charge in [-0.05, 0) is 27.2 Å². The molecule has 0 aromatic carbocycles. The molecule has 1 unspecified atom stereocenters. The fraction of sp³-hybridized carbons (Fsp3) is 0.667. The Hall–Kier alpha value is -0.790. The second kappa shape index (κ2) is 2.68.